The zero-order valence-electron chi connectivity index (χ0n) is 12.0. The lowest BCUT2D eigenvalue weighted by molar-refractivity contribution is -0.123. The number of rotatable bonds is 5. The van der Waals surface area contributed by atoms with Crippen LogP contribution in [-0.2, 0) is 4.79 Å². The maximum atomic E-state index is 12.2. The van der Waals surface area contributed by atoms with E-state index in [1.54, 1.807) is 0 Å². The van der Waals surface area contributed by atoms with Gasteiger partial charge in [-0.1, -0.05) is 57.5 Å². The molecule has 17 heavy (non-hydrogen) atoms. The van der Waals surface area contributed by atoms with E-state index in [2.05, 4.69) is 62.8 Å². The molecule has 1 aliphatic rings. The van der Waals surface area contributed by atoms with Crippen LogP contribution in [0.5, 0.6) is 0 Å². The Kier molecular flexibility index (Phi) is 4.03. The largest absolute Gasteiger partial charge is 0.355 e. The predicted molar refractivity (Wildman–Crippen MR) is 76.3 cm³/mol. The molecule has 1 fully saturated rings. The van der Waals surface area contributed by atoms with Crippen molar-refractivity contribution in [2.24, 2.45) is 22.2 Å². The first kappa shape index (κ1) is 15.0. The molecule has 2 nitrogen and oxygen atoms in total. The molecule has 0 unspecified atom stereocenters. The number of halogens is 1. The van der Waals surface area contributed by atoms with Gasteiger partial charge in [0, 0.05) is 17.8 Å². The Balaban J connectivity index is 2.48. The second-order valence-electron chi connectivity index (χ2n) is 7.20. The molecule has 3 heteroatoms. The molecule has 1 amide bonds. The molecule has 0 atom stereocenters. The molecule has 0 spiro atoms. The Hall–Kier alpha value is -0.0500. The van der Waals surface area contributed by atoms with Crippen molar-refractivity contribution in [2.45, 2.75) is 48.0 Å². The molecule has 0 aliphatic heterocycles. The highest BCUT2D eigenvalue weighted by molar-refractivity contribution is 9.09. The van der Waals surface area contributed by atoms with E-state index in [1.807, 2.05) is 0 Å². The van der Waals surface area contributed by atoms with Gasteiger partial charge in [0.1, 0.15) is 0 Å². The van der Waals surface area contributed by atoms with Crippen LogP contribution in [0.4, 0.5) is 0 Å². The molecule has 100 valence electrons. The lowest BCUT2D eigenvalue weighted by atomic mass is 9.90. The average Bonchev–Trinajstić information content (AvgIpc) is 2.54. The summed E-state index contributed by atoms with van der Waals surface area (Å²) in [6.07, 6.45) is 1.07. The maximum Gasteiger partial charge on any atom is 0.224 e. The summed E-state index contributed by atoms with van der Waals surface area (Å²) in [7, 11) is 0. The molecule has 0 aromatic heterocycles. The summed E-state index contributed by atoms with van der Waals surface area (Å²) in [5.41, 5.74) is 0.440. The van der Waals surface area contributed by atoms with Crippen molar-refractivity contribution < 1.29 is 4.79 Å². The standard InChI is InChI=1S/C14H26BrNO/c1-12(2,7-8-15)9-16-11(17)10-13(3,4)14(10,5)6/h10H,7-9H2,1-6H3,(H,16,17). The van der Waals surface area contributed by atoms with Gasteiger partial charge in [-0.25, -0.2) is 0 Å². The van der Waals surface area contributed by atoms with Crippen LogP contribution in [0.2, 0.25) is 0 Å². The van der Waals surface area contributed by atoms with Crippen LogP contribution in [-0.4, -0.2) is 17.8 Å². The van der Waals surface area contributed by atoms with E-state index in [0.29, 0.717) is 0 Å². The minimum absolute atomic E-state index is 0.136. The molecule has 1 aliphatic carbocycles. The third kappa shape index (κ3) is 2.86. The molecule has 1 rings (SSSR count). The monoisotopic (exact) mass is 303 g/mol. The Labute approximate surface area is 114 Å². The summed E-state index contributed by atoms with van der Waals surface area (Å²) in [5, 5.41) is 4.10. The molecular formula is C14H26BrNO. The van der Waals surface area contributed by atoms with E-state index in [4.69, 9.17) is 0 Å². The van der Waals surface area contributed by atoms with Crippen LogP contribution in [0.3, 0.4) is 0 Å². The Morgan fingerprint density at radius 1 is 1.24 bits per heavy atom. The molecule has 0 heterocycles. The third-order valence-corrected chi connectivity index (χ3v) is 5.19. The van der Waals surface area contributed by atoms with E-state index in [1.165, 1.54) is 0 Å². The lowest BCUT2D eigenvalue weighted by Crippen LogP contribution is -2.36. The molecule has 0 aromatic carbocycles. The quantitative estimate of drug-likeness (QED) is 0.773. The highest BCUT2D eigenvalue weighted by Gasteiger charge is 2.68. The number of nitrogens with one attached hydrogen (secondary N) is 1. The summed E-state index contributed by atoms with van der Waals surface area (Å²) < 4.78 is 0. The van der Waals surface area contributed by atoms with Crippen molar-refractivity contribution in [3.63, 3.8) is 0 Å². The van der Waals surface area contributed by atoms with Crippen molar-refractivity contribution in [3.05, 3.63) is 0 Å². The van der Waals surface area contributed by atoms with Crippen LogP contribution in [0.25, 0.3) is 0 Å². The minimum atomic E-state index is 0.136. The van der Waals surface area contributed by atoms with Crippen LogP contribution >= 0.6 is 15.9 Å². The van der Waals surface area contributed by atoms with Crippen molar-refractivity contribution >= 4 is 21.8 Å². The van der Waals surface area contributed by atoms with Gasteiger partial charge in [0.05, 0.1) is 0 Å². The third-order valence-electron chi connectivity index (χ3n) is 4.80. The van der Waals surface area contributed by atoms with Crippen LogP contribution in [0.15, 0.2) is 0 Å². The fourth-order valence-corrected chi connectivity index (χ4v) is 3.70. The van der Waals surface area contributed by atoms with Crippen LogP contribution in [0.1, 0.15) is 48.0 Å². The van der Waals surface area contributed by atoms with Gasteiger partial charge in [0.15, 0.2) is 0 Å². The van der Waals surface area contributed by atoms with E-state index >= 15 is 0 Å². The molecule has 1 N–H and O–H groups in total. The number of carbonyl (C=O) groups is 1. The van der Waals surface area contributed by atoms with Crippen LogP contribution < -0.4 is 5.32 Å². The fourth-order valence-electron chi connectivity index (χ4n) is 2.62. The van der Waals surface area contributed by atoms with Gasteiger partial charge < -0.3 is 5.32 Å². The number of carbonyl (C=O) groups excluding carboxylic acids is 1. The van der Waals surface area contributed by atoms with E-state index in [9.17, 15) is 4.79 Å². The molecular weight excluding hydrogens is 278 g/mol. The SMILES string of the molecule is CC(C)(CCBr)CNC(=O)C1C(C)(C)C1(C)C. The zero-order chi connectivity index (χ0) is 13.5. The van der Waals surface area contributed by atoms with E-state index in [-0.39, 0.29) is 28.1 Å². The van der Waals surface area contributed by atoms with E-state index < -0.39 is 0 Å². The Bertz CT molecular complexity index is 293. The highest BCUT2D eigenvalue weighted by atomic mass is 79.9. The summed E-state index contributed by atoms with van der Waals surface area (Å²) in [4.78, 5) is 12.2. The Morgan fingerprint density at radius 2 is 1.71 bits per heavy atom. The van der Waals surface area contributed by atoms with Crippen molar-refractivity contribution in [3.8, 4) is 0 Å². The number of amides is 1. The van der Waals surface area contributed by atoms with Gasteiger partial charge in [-0.15, -0.1) is 0 Å². The second-order valence-corrected chi connectivity index (χ2v) is 7.99. The average molecular weight is 304 g/mol. The van der Waals surface area contributed by atoms with Crippen molar-refractivity contribution in [1.82, 2.24) is 5.32 Å². The summed E-state index contributed by atoms with van der Waals surface area (Å²) in [6, 6.07) is 0. The summed E-state index contributed by atoms with van der Waals surface area (Å²) in [6.45, 7) is 13.9. The predicted octanol–water partition coefficient (Wildman–Crippen LogP) is 3.60. The number of hydrogen-bond acceptors (Lipinski definition) is 1. The van der Waals surface area contributed by atoms with Gasteiger partial charge in [0.25, 0.3) is 0 Å². The molecule has 0 saturated heterocycles. The molecule has 0 aromatic rings. The summed E-state index contributed by atoms with van der Waals surface area (Å²) in [5.74, 6) is 0.386. The fraction of sp³-hybridized carbons (Fsp3) is 0.929. The van der Waals surface area contributed by atoms with Gasteiger partial charge in [-0.2, -0.15) is 0 Å². The number of alkyl halides is 1. The maximum absolute atomic E-state index is 12.2. The minimum Gasteiger partial charge on any atom is -0.355 e. The molecule has 1 saturated carbocycles. The second kappa shape index (κ2) is 4.56. The van der Waals surface area contributed by atoms with E-state index in [0.717, 1.165) is 18.3 Å². The Morgan fingerprint density at radius 3 is 2.06 bits per heavy atom. The molecule has 0 bridgehead atoms. The van der Waals surface area contributed by atoms with Gasteiger partial charge in [0.2, 0.25) is 5.91 Å². The van der Waals surface area contributed by atoms with Crippen molar-refractivity contribution in [1.29, 1.82) is 0 Å². The van der Waals surface area contributed by atoms with Gasteiger partial charge in [-0.3, -0.25) is 4.79 Å². The first-order chi connectivity index (χ1) is 7.56. The first-order valence-electron chi connectivity index (χ1n) is 6.40. The first-order valence-corrected chi connectivity index (χ1v) is 7.52. The highest BCUT2D eigenvalue weighted by Crippen LogP contribution is 2.68. The van der Waals surface area contributed by atoms with Crippen molar-refractivity contribution in [2.75, 3.05) is 11.9 Å². The molecule has 0 radical (unpaired) electrons. The zero-order valence-corrected chi connectivity index (χ0v) is 13.6. The van der Waals surface area contributed by atoms with Gasteiger partial charge >= 0.3 is 0 Å². The smallest absolute Gasteiger partial charge is 0.224 e. The van der Waals surface area contributed by atoms with Gasteiger partial charge in [-0.05, 0) is 22.7 Å². The van der Waals surface area contributed by atoms with Crippen LogP contribution in [0, 0.1) is 22.2 Å². The topological polar surface area (TPSA) is 29.1 Å². The lowest BCUT2D eigenvalue weighted by Gasteiger charge is -2.24. The normalized spacial score (nSPS) is 22.3. The summed E-state index contributed by atoms with van der Waals surface area (Å²) >= 11 is 3.46. The number of hydrogen-bond donors (Lipinski definition) is 1.